The number of aromatic nitrogens is 1. The first-order chi connectivity index (χ1) is 6.69. The SMILES string of the molecule is CCOC(=O)c1cnc(CN)c(F)c1. The zero-order chi connectivity index (χ0) is 10.6. The number of nitrogens with zero attached hydrogens (tertiary/aromatic N) is 1. The lowest BCUT2D eigenvalue weighted by Crippen LogP contribution is -2.09. The van der Waals surface area contributed by atoms with Gasteiger partial charge in [-0.15, -0.1) is 0 Å². The maximum atomic E-state index is 13.1. The molecule has 0 amide bonds. The lowest BCUT2D eigenvalue weighted by Gasteiger charge is -2.03. The minimum absolute atomic E-state index is 0.00887. The van der Waals surface area contributed by atoms with Crippen LogP contribution in [0.2, 0.25) is 0 Å². The van der Waals surface area contributed by atoms with Crippen molar-refractivity contribution in [3.05, 3.63) is 29.3 Å². The van der Waals surface area contributed by atoms with Crippen molar-refractivity contribution in [2.24, 2.45) is 5.73 Å². The van der Waals surface area contributed by atoms with Crippen LogP contribution in [0.15, 0.2) is 12.3 Å². The molecule has 76 valence electrons. The van der Waals surface area contributed by atoms with Gasteiger partial charge in [0.2, 0.25) is 0 Å². The molecule has 0 aliphatic rings. The third kappa shape index (κ3) is 2.26. The monoisotopic (exact) mass is 198 g/mol. The fraction of sp³-hybridized carbons (Fsp3) is 0.333. The summed E-state index contributed by atoms with van der Waals surface area (Å²) < 4.78 is 17.8. The molecule has 4 nitrogen and oxygen atoms in total. The molecule has 0 saturated carbocycles. The Balaban J connectivity index is 2.91. The normalized spacial score (nSPS) is 9.93. The van der Waals surface area contributed by atoms with Gasteiger partial charge in [-0.25, -0.2) is 9.18 Å². The highest BCUT2D eigenvalue weighted by molar-refractivity contribution is 5.89. The molecule has 0 spiro atoms. The molecular formula is C9H11FN2O2. The molecule has 14 heavy (non-hydrogen) atoms. The maximum absolute atomic E-state index is 13.1. The van der Waals surface area contributed by atoms with E-state index in [9.17, 15) is 9.18 Å². The number of nitrogens with two attached hydrogens (primary N) is 1. The van der Waals surface area contributed by atoms with E-state index in [-0.39, 0.29) is 24.4 Å². The Bertz CT molecular complexity index is 342. The first-order valence-corrected chi connectivity index (χ1v) is 4.20. The number of pyridine rings is 1. The van der Waals surface area contributed by atoms with Crippen molar-refractivity contribution in [2.45, 2.75) is 13.5 Å². The van der Waals surface area contributed by atoms with E-state index in [1.54, 1.807) is 6.92 Å². The van der Waals surface area contributed by atoms with Gasteiger partial charge in [0.15, 0.2) is 0 Å². The molecule has 1 aromatic rings. The van der Waals surface area contributed by atoms with E-state index in [2.05, 4.69) is 9.72 Å². The van der Waals surface area contributed by atoms with Gasteiger partial charge in [0, 0.05) is 12.7 Å². The van der Waals surface area contributed by atoms with Crippen LogP contribution in [0.3, 0.4) is 0 Å². The molecule has 0 aliphatic heterocycles. The lowest BCUT2D eigenvalue weighted by atomic mass is 10.2. The fourth-order valence-electron chi connectivity index (χ4n) is 0.942. The van der Waals surface area contributed by atoms with E-state index in [0.29, 0.717) is 0 Å². The Hall–Kier alpha value is -1.49. The van der Waals surface area contributed by atoms with E-state index in [1.807, 2.05) is 0 Å². The summed E-state index contributed by atoms with van der Waals surface area (Å²) in [4.78, 5) is 14.8. The van der Waals surface area contributed by atoms with Crippen LogP contribution in [0.1, 0.15) is 23.0 Å². The summed E-state index contributed by atoms with van der Waals surface area (Å²) in [5.74, 6) is -1.17. The summed E-state index contributed by atoms with van der Waals surface area (Å²) in [6, 6.07) is 1.08. The van der Waals surface area contributed by atoms with Crippen LogP contribution >= 0.6 is 0 Å². The third-order valence-electron chi connectivity index (χ3n) is 1.62. The van der Waals surface area contributed by atoms with Gasteiger partial charge in [0.25, 0.3) is 0 Å². The second-order valence-electron chi connectivity index (χ2n) is 2.58. The molecule has 5 heteroatoms. The van der Waals surface area contributed by atoms with E-state index in [0.717, 1.165) is 6.07 Å². The standard InChI is InChI=1S/C9H11FN2O2/c1-2-14-9(13)6-3-7(10)8(4-11)12-5-6/h3,5H,2,4,11H2,1H3. The zero-order valence-corrected chi connectivity index (χ0v) is 7.79. The second-order valence-corrected chi connectivity index (χ2v) is 2.58. The lowest BCUT2D eigenvalue weighted by molar-refractivity contribution is 0.0525. The Kier molecular flexibility index (Phi) is 3.53. The van der Waals surface area contributed by atoms with Crippen LogP contribution in [-0.2, 0) is 11.3 Å². The van der Waals surface area contributed by atoms with Crippen molar-refractivity contribution in [3.8, 4) is 0 Å². The second kappa shape index (κ2) is 4.66. The molecule has 1 heterocycles. The molecular weight excluding hydrogens is 187 g/mol. The van der Waals surface area contributed by atoms with Gasteiger partial charge < -0.3 is 10.5 Å². The van der Waals surface area contributed by atoms with Crippen LogP contribution in [0, 0.1) is 5.82 Å². The highest BCUT2D eigenvalue weighted by Gasteiger charge is 2.10. The van der Waals surface area contributed by atoms with Crippen molar-refractivity contribution in [1.82, 2.24) is 4.98 Å². The number of rotatable bonds is 3. The third-order valence-corrected chi connectivity index (χ3v) is 1.62. The average Bonchev–Trinajstić information content (AvgIpc) is 2.18. The number of carbonyl (C=O) groups excluding carboxylic acids is 1. The first-order valence-electron chi connectivity index (χ1n) is 4.20. The number of esters is 1. The fourth-order valence-corrected chi connectivity index (χ4v) is 0.942. The number of ether oxygens (including phenoxy) is 1. The van der Waals surface area contributed by atoms with Crippen molar-refractivity contribution >= 4 is 5.97 Å². The van der Waals surface area contributed by atoms with E-state index < -0.39 is 11.8 Å². The summed E-state index contributed by atoms with van der Waals surface area (Å²) in [5.41, 5.74) is 5.45. The number of hydrogen-bond donors (Lipinski definition) is 1. The quantitative estimate of drug-likeness (QED) is 0.731. The van der Waals surface area contributed by atoms with Gasteiger partial charge in [-0.1, -0.05) is 0 Å². The van der Waals surface area contributed by atoms with Gasteiger partial charge in [-0.2, -0.15) is 0 Å². The van der Waals surface area contributed by atoms with Gasteiger partial charge in [0.1, 0.15) is 5.82 Å². The molecule has 0 saturated heterocycles. The molecule has 0 bridgehead atoms. The van der Waals surface area contributed by atoms with Crippen LogP contribution < -0.4 is 5.73 Å². The number of hydrogen-bond acceptors (Lipinski definition) is 4. The minimum Gasteiger partial charge on any atom is -0.462 e. The topological polar surface area (TPSA) is 65.2 Å². The summed E-state index contributed by atoms with van der Waals surface area (Å²) in [6.45, 7) is 1.93. The van der Waals surface area contributed by atoms with E-state index >= 15 is 0 Å². The maximum Gasteiger partial charge on any atom is 0.339 e. The highest BCUT2D eigenvalue weighted by Crippen LogP contribution is 2.07. The molecule has 1 aromatic heterocycles. The summed E-state index contributed by atoms with van der Waals surface area (Å²) >= 11 is 0. The van der Waals surface area contributed by atoms with Crippen molar-refractivity contribution in [3.63, 3.8) is 0 Å². The Morgan fingerprint density at radius 2 is 2.43 bits per heavy atom. The molecule has 0 unspecified atom stereocenters. The molecule has 2 N–H and O–H groups in total. The smallest absolute Gasteiger partial charge is 0.339 e. The van der Waals surface area contributed by atoms with Gasteiger partial charge in [-0.05, 0) is 13.0 Å². The Morgan fingerprint density at radius 1 is 1.71 bits per heavy atom. The summed E-state index contributed by atoms with van der Waals surface area (Å²) in [7, 11) is 0. The largest absolute Gasteiger partial charge is 0.462 e. The predicted molar refractivity (Wildman–Crippen MR) is 48.0 cm³/mol. The zero-order valence-electron chi connectivity index (χ0n) is 7.79. The number of carbonyl (C=O) groups is 1. The van der Waals surface area contributed by atoms with Crippen molar-refractivity contribution in [1.29, 1.82) is 0 Å². The molecule has 1 rings (SSSR count). The van der Waals surface area contributed by atoms with Crippen LogP contribution in [0.25, 0.3) is 0 Å². The van der Waals surface area contributed by atoms with Crippen molar-refractivity contribution < 1.29 is 13.9 Å². The predicted octanol–water partition coefficient (Wildman–Crippen LogP) is 0.856. The van der Waals surface area contributed by atoms with Gasteiger partial charge >= 0.3 is 5.97 Å². The first kappa shape index (κ1) is 10.6. The van der Waals surface area contributed by atoms with E-state index in [4.69, 9.17) is 5.73 Å². The Morgan fingerprint density at radius 3 is 2.93 bits per heavy atom. The highest BCUT2D eigenvalue weighted by atomic mass is 19.1. The van der Waals surface area contributed by atoms with Crippen LogP contribution in [0.4, 0.5) is 4.39 Å². The summed E-state index contributed by atoms with van der Waals surface area (Å²) in [6.07, 6.45) is 1.25. The van der Waals surface area contributed by atoms with Gasteiger partial charge in [-0.3, -0.25) is 4.98 Å². The summed E-state index contributed by atoms with van der Waals surface area (Å²) in [5, 5.41) is 0. The molecule has 0 atom stereocenters. The van der Waals surface area contributed by atoms with Gasteiger partial charge in [0.05, 0.1) is 17.9 Å². The van der Waals surface area contributed by atoms with Crippen molar-refractivity contribution in [2.75, 3.05) is 6.61 Å². The van der Waals surface area contributed by atoms with Crippen LogP contribution in [-0.4, -0.2) is 17.6 Å². The minimum atomic E-state index is -0.585. The number of halogens is 1. The molecule has 0 fully saturated rings. The molecule has 0 radical (unpaired) electrons. The molecule has 0 aliphatic carbocycles. The molecule has 0 aromatic carbocycles. The Labute approximate surface area is 80.9 Å². The average molecular weight is 198 g/mol. The van der Waals surface area contributed by atoms with Crippen LogP contribution in [0.5, 0.6) is 0 Å². The van der Waals surface area contributed by atoms with E-state index in [1.165, 1.54) is 6.20 Å².